The molecule has 290 valence electrons. The normalized spacial score (nSPS) is 14.8. The van der Waals surface area contributed by atoms with E-state index in [4.69, 9.17) is 0 Å². The molecular weight excluding hydrogens is 787 g/mol. The van der Waals surface area contributed by atoms with Crippen molar-refractivity contribution in [3.63, 3.8) is 0 Å². The van der Waals surface area contributed by atoms with Crippen LogP contribution in [-0.4, -0.2) is 56.5 Å². The molecule has 4 rings (SSSR count). The number of fused-ring (bicyclic) bond motifs is 2. The topological polar surface area (TPSA) is 0 Å². The minimum atomic E-state index is -1.73. The molecule has 0 saturated heterocycles. The van der Waals surface area contributed by atoms with Gasteiger partial charge in [0.25, 0.3) is 0 Å². The van der Waals surface area contributed by atoms with Gasteiger partial charge in [-0.05, 0) is 74.7 Å². The third kappa shape index (κ3) is 8.84. The van der Waals surface area contributed by atoms with Crippen LogP contribution in [0.4, 0.5) is 0 Å². The zero-order valence-corrected chi connectivity index (χ0v) is 46.7. The molecule has 0 nitrogen and oxygen atoms in total. The van der Waals surface area contributed by atoms with E-state index in [-0.39, 0.29) is 0 Å². The Hall–Kier alpha value is -0.482. The van der Waals surface area contributed by atoms with Crippen molar-refractivity contribution in [2.45, 2.75) is 152 Å². The maximum atomic E-state index is 2.96. The summed E-state index contributed by atoms with van der Waals surface area (Å²) < 4.78 is 0.350. The average Bonchev–Trinajstić information content (AvgIpc) is 2.91. The Morgan fingerprint density at radius 2 is 0.698 bits per heavy atom. The van der Waals surface area contributed by atoms with Crippen LogP contribution in [0.1, 0.15) is 27.0 Å². The molecule has 0 aromatic heterocycles. The Morgan fingerprint density at radius 3 is 1.00 bits per heavy atom. The first-order chi connectivity index (χ1) is 23.8. The van der Waals surface area contributed by atoms with E-state index < -0.39 is 56.5 Å². The Morgan fingerprint density at radius 1 is 0.396 bits per heavy atom. The number of rotatable bonds is 12. The first kappa shape index (κ1) is 45.2. The van der Waals surface area contributed by atoms with Crippen LogP contribution < -0.4 is 10.6 Å². The van der Waals surface area contributed by atoms with Crippen LogP contribution in [0.3, 0.4) is 0 Å². The summed E-state index contributed by atoms with van der Waals surface area (Å²) in [5.41, 5.74) is 5.40. The molecule has 0 N–H and O–H groups in total. The highest BCUT2D eigenvalue weighted by atomic mass is 31.7. The Kier molecular flexibility index (Phi) is 12.8. The fourth-order valence-corrected chi connectivity index (χ4v) is 72.1. The summed E-state index contributed by atoms with van der Waals surface area (Å²) in [7, 11) is -8.89. The van der Waals surface area contributed by atoms with Crippen molar-refractivity contribution in [3.8, 4) is 0 Å². The van der Waals surface area contributed by atoms with E-state index in [1.807, 2.05) is 0 Å². The molecule has 0 spiro atoms. The van der Waals surface area contributed by atoms with E-state index in [2.05, 4.69) is 204 Å². The minimum absolute atomic E-state index is 0.350. The van der Waals surface area contributed by atoms with Gasteiger partial charge in [-0.15, -0.1) is 0 Å². The molecule has 0 atom stereocenters. The van der Waals surface area contributed by atoms with E-state index in [0.717, 1.165) is 0 Å². The van der Waals surface area contributed by atoms with Gasteiger partial charge < -0.3 is 0 Å². The molecule has 9 heteroatoms. The predicted octanol–water partition coefficient (Wildman–Crippen LogP) is 15.3. The molecule has 0 unspecified atom stereocenters. The van der Waals surface area contributed by atoms with Crippen LogP contribution in [0.2, 0.25) is 137 Å². The first-order valence-corrected chi connectivity index (χ1v) is 47.6. The summed E-state index contributed by atoms with van der Waals surface area (Å²) in [5.74, 6) is 0. The highest BCUT2D eigenvalue weighted by molar-refractivity contribution is 7.91. The average molecular weight is 864 g/mol. The van der Waals surface area contributed by atoms with Gasteiger partial charge in [-0.3, -0.25) is 0 Å². The van der Waals surface area contributed by atoms with Crippen LogP contribution in [0, 0.1) is 0 Å². The fraction of sp³-hybridized carbons (Fsp3) is 0.545. The number of benzene rings is 4. The summed E-state index contributed by atoms with van der Waals surface area (Å²) in [6.07, 6.45) is 0. The first-order valence-electron chi connectivity index (χ1n) is 20.3. The van der Waals surface area contributed by atoms with Crippen LogP contribution in [0.25, 0.3) is 21.5 Å². The molecule has 0 heterocycles. The standard InChI is InChI=1S/C44H76P2Si7/c1-47(2,3)42(48(4,5)6)38-31-35(44(51(13,14)15,52(16,17)18)53(19,20)21)32-39(43(49(7,8)9)50(10,11)12)41(38)46-45-40-36-28-24-22-26-33(36)30-34-27-23-25-29-37(34)40/h22-32,42-43H,1-21H3. The predicted molar refractivity (Wildman–Crippen MR) is 272 cm³/mol. The van der Waals surface area contributed by atoms with E-state index in [1.165, 1.54) is 42.6 Å². The van der Waals surface area contributed by atoms with Crippen LogP contribution in [-0.2, 0) is 4.28 Å². The second-order valence-corrected chi connectivity index (χ2v) is 65.8. The highest BCUT2D eigenvalue weighted by Gasteiger charge is 2.61. The zero-order chi connectivity index (χ0) is 40.5. The van der Waals surface area contributed by atoms with E-state index >= 15 is 0 Å². The smallest absolute Gasteiger partial charge is 0.0499 e. The summed E-state index contributed by atoms with van der Waals surface area (Å²) in [4.78, 5) is 0. The lowest BCUT2D eigenvalue weighted by Crippen LogP contribution is -2.74. The molecule has 4 aromatic rings. The number of hydrogen-bond donors (Lipinski definition) is 0. The summed E-state index contributed by atoms with van der Waals surface area (Å²) in [5, 5.41) is 10.2. The second-order valence-electron chi connectivity index (χ2n) is 23.7. The van der Waals surface area contributed by atoms with E-state index in [0.29, 0.717) is 14.6 Å². The monoisotopic (exact) mass is 862 g/mol. The van der Waals surface area contributed by atoms with Crippen molar-refractivity contribution < 1.29 is 0 Å². The van der Waals surface area contributed by atoms with Crippen molar-refractivity contribution in [1.82, 2.24) is 0 Å². The van der Waals surface area contributed by atoms with Gasteiger partial charge in [-0.1, -0.05) is 198 Å². The Balaban J connectivity index is 2.39. The molecule has 53 heavy (non-hydrogen) atoms. The van der Waals surface area contributed by atoms with Crippen molar-refractivity contribution >= 4 is 104 Å². The SMILES string of the molecule is C[Si](C)(C)C(c1cc(C([Si](C)(C)C)([Si](C)(C)C)[Si](C)(C)C)cc(C([Si](C)(C)C)[Si](C)(C)C)c1P=Pc1c2ccccc2cc2ccccc12)[Si](C)(C)C. The molecule has 0 saturated carbocycles. The Labute approximate surface area is 337 Å². The third-order valence-corrected chi connectivity index (χ3v) is 54.7. The van der Waals surface area contributed by atoms with Crippen molar-refractivity contribution in [2.75, 3.05) is 0 Å². The number of hydrogen-bond acceptors (Lipinski definition) is 0. The largest absolute Gasteiger partial charge is 0.0693 e. The fourth-order valence-electron chi connectivity index (χ4n) is 12.8. The summed E-state index contributed by atoms with van der Waals surface area (Å²) in [6, 6.07) is 26.7. The van der Waals surface area contributed by atoms with Gasteiger partial charge in [0.2, 0.25) is 0 Å². The van der Waals surface area contributed by atoms with E-state index in [1.54, 1.807) is 22.0 Å². The van der Waals surface area contributed by atoms with Crippen molar-refractivity contribution in [3.05, 3.63) is 83.4 Å². The molecular formula is C44H76P2Si7. The van der Waals surface area contributed by atoms with Crippen molar-refractivity contribution in [2.24, 2.45) is 0 Å². The quantitative estimate of drug-likeness (QED) is 0.0756. The second kappa shape index (κ2) is 15.0. The summed E-state index contributed by atoms with van der Waals surface area (Å²) >= 11 is 0. The molecule has 0 radical (unpaired) electrons. The van der Waals surface area contributed by atoms with Gasteiger partial charge in [0.15, 0.2) is 0 Å². The molecule has 0 aliphatic heterocycles. The molecule has 0 aliphatic rings. The lowest BCUT2D eigenvalue weighted by atomic mass is 10.0. The van der Waals surface area contributed by atoms with Crippen LogP contribution in [0.15, 0.2) is 66.7 Å². The van der Waals surface area contributed by atoms with Gasteiger partial charge in [-0.25, -0.2) is 0 Å². The van der Waals surface area contributed by atoms with Gasteiger partial charge in [0.1, 0.15) is 0 Å². The van der Waals surface area contributed by atoms with Gasteiger partial charge in [-0.2, -0.15) is 0 Å². The highest BCUT2D eigenvalue weighted by Crippen LogP contribution is 2.52. The molecule has 4 aromatic carbocycles. The lowest BCUT2D eigenvalue weighted by Gasteiger charge is -2.60. The van der Waals surface area contributed by atoms with Crippen LogP contribution >= 0.6 is 15.7 Å². The molecule has 0 amide bonds. The molecule has 0 bridgehead atoms. The lowest BCUT2D eigenvalue weighted by molar-refractivity contribution is 0.996. The molecule has 0 fully saturated rings. The summed E-state index contributed by atoms with van der Waals surface area (Å²) in [6.45, 7) is 57.2. The maximum absolute atomic E-state index is 2.96. The van der Waals surface area contributed by atoms with Crippen LogP contribution in [0.5, 0.6) is 0 Å². The Bertz CT molecular complexity index is 1810. The van der Waals surface area contributed by atoms with Gasteiger partial charge in [0.05, 0.1) is 0 Å². The minimum Gasteiger partial charge on any atom is -0.0693 e. The third-order valence-electron chi connectivity index (χ3n) is 12.1. The van der Waals surface area contributed by atoms with Gasteiger partial charge in [0, 0.05) is 67.1 Å². The zero-order valence-electron chi connectivity index (χ0n) is 37.9. The van der Waals surface area contributed by atoms with Crippen molar-refractivity contribution in [1.29, 1.82) is 0 Å². The van der Waals surface area contributed by atoms with E-state index in [9.17, 15) is 0 Å². The molecule has 0 aliphatic carbocycles. The maximum Gasteiger partial charge on any atom is 0.0499 e. The van der Waals surface area contributed by atoms with Gasteiger partial charge >= 0.3 is 0 Å².